The molecule has 7 nitrogen and oxygen atoms in total. The Morgan fingerprint density at radius 1 is 1.26 bits per heavy atom. The molecule has 0 atom stereocenters. The number of nitrogens with zero attached hydrogens (tertiary/aromatic N) is 1. The molecule has 0 radical (unpaired) electrons. The molecule has 1 saturated heterocycles. The number of hydrogen-bond acceptors (Lipinski definition) is 6. The van der Waals surface area contributed by atoms with Crippen LogP contribution in [0.2, 0.25) is 0 Å². The van der Waals surface area contributed by atoms with Crippen LogP contribution in [0.15, 0.2) is 18.2 Å². The summed E-state index contributed by atoms with van der Waals surface area (Å²) in [5.74, 6) is 6.65. The molecule has 19 heavy (non-hydrogen) atoms. The molecule has 1 aromatic rings. The van der Waals surface area contributed by atoms with Crippen molar-refractivity contribution in [1.82, 2.24) is 0 Å². The van der Waals surface area contributed by atoms with E-state index in [2.05, 4.69) is 10.7 Å². The summed E-state index contributed by atoms with van der Waals surface area (Å²) >= 11 is 0. The Hall–Kier alpha value is -1.67. The second kappa shape index (κ2) is 5.98. The van der Waals surface area contributed by atoms with Crippen molar-refractivity contribution in [2.75, 3.05) is 22.2 Å². The van der Waals surface area contributed by atoms with Crippen molar-refractivity contribution >= 4 is 27.9 Å². The lowest BCUT2D eigenvalue weighted by Gasteiger charge is -2.23. The summed E-state index contributed by atoms with van der Waals surface area (Å²) in [5, 5.41) is 14.1. The minimum Gasteiger partial charge on any atom is -0.382 e. The maximum atomic E-state index is 11.3. The Morgan fingerprint density at radius 3 is 2.47 bits per heavy atom. The van der Waals surface area contributed by atoms with Crippen molar-refractivity contribution in [3.8, 4) is 0 Å². The van der Waals surface area contributed by atoms with Crippen LogP contribution in [-0.4, -0.2) is 26.7 Å². The topological polar surface area (TPSA) is 110 Å². The number of non-ortho nitro benzene ring substituents is 1. The van der Waals surface area contributed by atoms with Gasteiger partial charge in [-0.3, -0.25) is 20.2 Å². The van der Waals surface area contributed by atoms with Crippen molar-refractivity contribution in [2.45, 2.75) is 18.9 Å². The van der Waals surface area contributed by atoms with Gasteiger partial charge in [-0.15, -0.1) is 0 Å². The van der Waals surface area contributed by atoms with Gasteiger partial charge in [0.1, 0.15) is 0 Å². The van der Waals surface area contributed by atoms with E-state index < -0.39 is 15.7 Å². The van der Waals surface area contributed by atoms with Crippen LogP contribution in [0.3, 0.4) is 0 Å². The molecule has 0 unspecified atom stereocenters. The highest BCUT2D eigenvalue weighted by Crippen LogP contribution is 2.25. The molecule has 0 aromatic heterocycles. The fourth-order valence-corrected chi connectivity index (χ4v) is 3.36. The quantitative estimate of drug-likeness (QED) is 0.435. The first-order valence-corrected chi connectivity index (χ1v) is 7.45. The Balaban J connectivity index is 2.12. The van der Waals surface area contributed by atoms with E-state index in [1.165, 1.54) is 12.1 Å². The van der Waals surface area contributed by atoms with Crippen LogP contribution in [0.4, 0.5) is 17.1 Å². The number of anilines is 2. The summed E-state index contributed by atoms with van der Waals surface area (Å²) in [4.78, 5) is 10.4. The average Bonchev–Trinajstić information content (AvgIpc) is 2.41. The summed E-state index contributed by atoms with van der Waals surface area (Å²) in [7, 11) is -0.717. The summed E-state index contributed by atoms with van der Waals surface area (Å²) in [6.07, 6.45) is 1.61. The van der Waals surface area contributed by atoms with Crippen molar-refractivity contribution in [1.29, 1.82) is 0 Å². The van der Waals surface area contributed by atoms with Crippen LogP contribution in [0.1, 0.15) is 12.8 Å². The van der Waals surface area contributed by atoms with Crippen molar-refractivity contribution < 1.29 is 9.13 Å². The van der Waals surface area contributed by atoms with Gasteiger partial charge in [0.2, 0.25) is 0 Å². The number of hydrazine groups is 1. The zero-order chi connectivity index (χ0) is 13.8. The number of nitrogens with one attached hydrogen (secondary N) is 2. The maximum Gasteiger partial charge on any atom is 0.273 e. The van der Waals surface area contributed by atoms with E-state index in [0.717, 1.165) is 12.8 Å². The van der Waals surface area contributed by atoms with Crippen molar-refractivity contribution in [3.63, 3.8) is 0 Å². The number of nitrogen functional groups attached to an aromatic ring is 1. The Morgan fingerprint density at radius 2 is 1.89 bits per heavy atom. The predicted molar refractivity (Wildman–Crippen MR) is 75.4 cm³/mol. The van der Waals surface area contributed by atoms with Crippen LogP contribution in [0.5, 0.6) is 0 Å². The smallest absolute Gasteiger partial charge is 0.273 e. The van der Waals surface area contributed by atoms with Gasteiger partial charge in [-0.25, -0.2) is 0 Å². The first-order chi connectivity index (χ1) is 9.08. The molecule has 0 bridgehead atoms. The highest BCUT2D eigenvalue weighted by atomic mass is 32.2. The third-order valence-electron chi connectivity index (χ3n) is 3.05. The van der Waals surface area contributed by atoms with E-state index in [-0.39, 0.29) is 11.7 Å². The Labute approximate surface area is 113 Å². The number of nitrogens with two attached hydrogens (primary N) is 1. The normalized spacial score (nSPS) is 22.8. The van der Waals surface area contributed by atoms with E-state index in [4.69, 9.17) is 5.84 Å². The molecule has 2 rings (SSSR count). The van der Waals surface area contributed by atoms with Crippen LogP contribution in [-0.2, 0) is 10.8 Å². The van der Waals surface area contributed by atoms with Gasteiger partial charge in [-0.2, -0.15) is 0 Å². The number of nitro groups is 1. The van der Waals surface area contributed by atoms with Gasteiger partial charge < -0.3 is 10.7 Å². The third kappa shape index (κ3) is 3.65. The number of hydrogen-bond donors (Lipinski definition) is 3. The molecule has 0 spiro atoms. The standard InChI is InChI=1S/C11H16N4O3S/c12-14-10-5-9(6-11(7-10)15(16)17)13-8-1-3-19(18)4-2-8/h5-8,13-14H,1-4,12H2. The zero-order valence-corrected chi connectivity index (χ0v) is 11.1. The monoisotopic (exact) mass is 284 g/mol. The zero-order valence-electron chi connectivity index (χ0n) is 10.3. The van der Waals surface area contributed by atoms with Crippen LogP contribution >= 0.6 is 0 Å². The van der Waals surface area contributed by atoms with Crippen molar-refractivity contribution in [2.24, 2.45) is 5.84 Å². The minimum atomic E-state index is -0.717. The van der Waals surface area contributed by atoms with Gasteiger partial charge in [-0.05, 0) is 18.9 Å². The summed E-state index contributed by atoms with van der Waals surface area (Å²) < 4.78 is 11.3. The van der Waals surface area contributed by atoms with E-state index in [0.29, 0.717) is 22.9 Å². The lowest BCUT2D eigenvalue weighted by Crippen LogP contribution is -2.29. The molecule has 1 aliphatic heterocycles. The highest BCUT2D eigenvalue weighted by molar-refractivity contribution is 7.85. The fraction of sp³-hybridized carbons (Fsp3) is 0.455. The second-order valence-electron chi connectivity index (χ2n) is 4.44. The third-order valence-corrected chi connectivity index (χ3v) is 4.44. The van der Waals surface area contributed by atoms with E-state index in [1.54, 1.807) is 6.07 Å². The van der Waals surface area contributed by atoms with Gasteiger partial charge in [0, 0.05) is 46.2 Å². The summed E-state index contributed by atoms with van der Waals surface area (Å²) in [6, 6.07) is 4.77. The molecule has 1 fully saturated rings. The van der Waals surface area contributed by atoms with Crippen LogP contribution < -0.4 is 16.6 Å². The Bertz CT molecular complexity index is 499. The van der Waals surface area contributed by atoms with E-state index >= 15 is 0 Å². The largest absolute Gasteiger partial charge is 0.382 e. The second-order valence-corrected chi connectivity index (χ2v) is 6.13. The van der Waals surface area contributed by atoms with Gasteiger partial charge in [0.15, 0.2) is 0 Å². The first-order valence-electron chi connectivity index (χ1n) is 5.96. The molecule has 8 heteroatoms. The number of nitro benzene ring substituents is 1. The maximum absolute atomic E-state index is 11.3. The van der Waals surface area contributed by atoms with E-state index in [1.807, 2.05) is 0 Å². The predicted octanol–water partition coefficient (Wildman–Crippen LogP) is 1.20. The average molecular weight is 284 g/mol. The number of rotatable bonds is 4. The lowest BCUT2D eigenvalue weighted by atomic mass is 10.1. The van der Waals surface area contributed by atoms with E-state index in [9.17, 15) is 14.3 Å². The highest BCUT2D eigenvalue weighted by Gasteiger charge is 2.18. The summed E-state index contributed by atoms with van der Waals surface area (Å²) in [6.45, 7) is 0. The molecule has 1 aliphatic rings. The molecule has 0 aliphatic carbocycles. The SMILES string of the molecule is NNc1cc(NC2CCS(=O)CC2)cc([N+](=O)[O-])c1. The first kappa shape index (κ1) is 13.8. The number of benzene rings is 1. The molecular weight excluding hydrogens is 268 g/mol. The molecule has 1 heterocycles. The van der Waals surface area contributed by atoms with Gasteiger partial charge in [-0.1, -0.05) is 0 Å². The summed E-state index contributed by atoms with van der Waals surface area (Å²) in [5.41, 5.74) is 3.53. The molecule has 4 N–H and O–H groups in total. The van der Waals surface area contributed by atoms with Crippen molar-refractivity contribution in [3.05, 3.63) is 28.3 Å². The molecule has 104 valence electrons. The Kier molecular flexibility index (Phi) is 4.33. The molecule has 0 amide bonds. The molecular formula is C11H16N4O3S. The lowest BCUT2D eigenvalue weighted by molar-refractivity contribution is -0.384. The molecule has 0 saturated carbocycles. The van der Waals surface area contributed by atoms with Gasteiger partial charge in [0.25, 0.3) is 5.69 Å². The van der Waals surface area contributed by atoms with Gasteiger partial charge in [0.05, 0.1) is 10.6 Å². The molecule has 1 aromatic carbocycles. The minimum absolute atomic E-state index is 0.0164. The van der Waals surface area contributed by atoms with Crippen LogP contribution in [0.25, 0.3) is 0 Å². The van der Waals surface area contributed by atoms with Crippen LogP contribution in [0, 0.1) is 10.1 Å². The van der Waals surface area contributed by atoms with Gasteiger partial charge >= 0.3 is 0 Å². The fourth-order valence-electron chi connectivity index (χ4n) is 2.06.